The van der Waals surface area contributed by atoms with Crippen molar-refractivity contribution in [3.05, 3.63) is 136 Å². The van der Waals surface area contributed by atoms with Crippen LogP contribution in [-0.4, -0.2) is 88.6 Å². The standard InChI is InChI=1S/C15H14N4O.C14H18N2O2.C8H9BrN2O.C6H4BrNO2.C2H7N/c1-2-16-15(20)13-4-3-11(8-18-13)12-7-10-5-6-17-14(10)19-9-12;1-13(2)14(3,4)18-12(17-13)10-7-9-5-6-15-11(9)16-8-10;1-2-10-8(12)7-4-3-6(9)5-11-7;7-4-1-2-5(6(9)10)8-3-4;1-2-3/h3-9H,2H2,1H3,(H,16,20)(H,17,19);5-8,12H,1-4H3,(H,15,16);3-5H,2H2,1H3,(H,10,12);1-3H,(H,9,10);2-3H2,1H3. The van der Waals surface area contributed by atoms with Crippen LogP contribution >= 0.6 is 31.9 Å². The number of carbonyl (C=O) groups is 3. The molecule has 0 radical (unpaired) electrons. The van der Waals surface area contributed by atoms with Crippen molar-refractivity contribution in [1.82, 2.24) is 45.5 Å². The van der Waals surface area contributed by atoms with E-state index in [-0.39, 0.29) is 35.0 Å². The number of carbonyl (C=O) groups excluding carboxylic acids is 2. The van der Waals surface area contributed by atoms with Crippen LogP contribution in [0.15, 0.2) is 113 Å². The first-order valence-corrected chi connectivity index (χ1v) is 21.5. The number of hydrogen-bond donors (Lipinski definition) is 6. The number of hydrogen-bond acceptors (Lipinski definition) is 11. The van der Waals surface area contributed by atoms with E-state index in [1.165, 1.54) is 12.3 Å². The number of rotatable bonds is 7. The van der Waals surface area contributed by atoms with E-state index in [4.69, 9.17) is 20.3 Å². The second kappa shape index (κ2) is 23.5. The average Bonchev–Trinajstić information content (AvgIpc) is 3.99. The molecule has 332 valence electrons. The molecule has 1 aliphatic rings. The molecule has 0 aromatic carbocycles. The maximum atomic E-state index is 11.6. The van der Waals surface area contributed by atoms with Crippen LogP contribution in [0.2, 0.25) is 0 Å². The van der Waals surface area contributed by atoms with Crippen molar-refractivity contribution in [1.29, 1.82) is 0 Å². The number of carboxylic acid groups (broad SMARTS) is 1. The Hall–Kier alpha value is -5.92. The number of pyridine rings is 5. The molecule has 1 aliphatic heterocycles. The lowest BCUT2D eigenvalue weighted by Gasteiger charge is -2.30. The molecular formula is C45H52Br2N10O6. The van der Waals surface area contributed by atoms with Gasteiger partial charge in [-0.05, 0) is 135 Å². The molecular weight excluding hydrogens is 936 g/mol. The van der Waals surface area contributed by atoms with E-state index in [2.05, 4.69) is 111 Å². The summed E-state index contributed by atoms with van der Waals surface area (Å²) in [7, 11) is 0. The highest BCUT2D eigenvalue weighted by atomic mass is 79.9. The molecule has 0 spiro atoms. The Bertz CT molecular complexity index is 2530. The zero-order valence-corrected chi connectivity index (χ0v) is 39.2. The Morgan fingerprint density at radius 1 is 0.651 bits per heavy atom. The molecule has 1 saturated heterocycles. The molecule has 16 nitrogen and oxygen atoms in total. The van der Waals surface area contributed by atoms with Crippen molar-refractivity contribution in [2.24, 2.45) is 5.73 Å². The number of halogens is 2. The Labute approximate surface area is 382 Å². The Morgan fingerprint density at radius 3 is 1.54 bits per heavy atom. The number of H-pyrrole nitrogens is 2. The third kappa shape index (κ3) is 14.3. The van der Waals surface area contributed by atoms with E-state index in [1.54, 1.807) is 49.1 Å². The summed E-state index contributed by atoms with van der Waals surface area (Å²) in [5.41, 5.74) is 9.77. The molecule has 0 saturated carbocycles. The highest BCUT2D eigenvalue weighted by molar-refractivity contribution is 9.10. The predicted octanol–water partition coefficient (Wildman–Crippen LogP) is 8.64. The van der Waals surface area contributed by atoms with Gasteiger partial charge < -0.3 is 40.9 Å². The third-order valence-corrected chi connectivity index (χ3v) is 10.2. The van der Waals surface area contributed by atoms with Crippen LogP contribution in [0.1, 0.15) is 91.8 Å². The molecule has 2 amide bonds. The monoisotopic (exact) mass is 986 g/mol. The minimum absolute atomic E-state index is 0.0585. The molecule has 7 aromatic rings. The molecule has 7 N–H and O–H groups in total. The molecule has 7 aromatic heterocycles. The van der Waals surface area contributed by atoms with Crippen LogP contribution in [-0.2, 0) is 9.47 Å². The summed E-state index contributed by atoms with van der Waals surface area (Å²) in [5.74, 6) is -1.30. The largest absolute Gasteiger partial charge is 0.477 e. The highest BCUT2D eigenvalue weighted by Crippen LogP contribution is 2.44. The fourth-order valence-corrected chi connectivity index (χ4v) is 5.85. The molecule has 63 heavy (non-hydrogen) atoms. The summed E-state index contributed by atoms with van der Waals surface area (Å²) in [6, 6.07) is 18.2. The first-order chi connectivity index (χ1) is 30.0. The van der Waals surface area contributed by atoms with E-state index in [1.807, 2.05) is 57.4 Å². The number of aromatic nitrogens is 7. The number of amides is 2. The lowest BCUT2D eigenvalue weighted by molar-refractivity contribution is -0.0896. The van der Waals surface area contributed by atoms with Gasteiger partial charge in [0, 0.05) is 92.9 Å². The second-order valence-electron chi connectivity index (χ2n) is 14.5. The SMILES string of the molecule is CC1(C)OC(c2cnc3[nH]ccc3c2)OC1(C)C.CCN.CCNC(=O)c1ccc(-c2cnc3[nH]ccc3c2)cn1.CCNC(=O)c1ccc(Br)cn1.O=C(O)c1ccc(Br)cn1. The van der Waals surface area contributed by atoms with Crippen LogP contribution in [0.5, 0.6) is 0 Å². The molecule has 0 aliphatic carbocycles. The van der Waals surface area contributed by atoms with E-state index in [9.17, 15) is 14.4 Å². The summed E-state index contributed by atoms with van der Waals surface area (Å²) in [6.45, 7) is 15.8. The number of fused-ring (bicyclic) bond motifs is 2. The maximum Gasteiger partial charge on any atom is 0.354 e. The van der Waals surface area contributed by atoms with Gasteiger partial charge in [-0.15, -0.1) is 0 Å². The van der Waals surface area contributed by atoms with Crippen molar-refractivity contribution in [2.75, 3.05) is 19.6 Å². The molecule has 1 fully saturated rings. The van der Waals surface area contributed by atoms with E-state index < -0.39 is 5.97 Å². The van der Waals surface area contributed by atoms with Gasteiger partial charge in [-0.25, -0.2) is 24.7 Å². The van der Waals surface area contributed by atoms with Gasteiger partial charge in [0.1, 0.15) is 28.4 Å². The zero-order valence-electron chi connectivity index (χ0n) is 36.1. The number of nitrogens with zero attached hydrogens (tertiary/aromatic N) is 5. The molecule has 18 heteroatoms. The maximum absolute atomic E-state index is 11.6. The van der Waals surface area contributed by atoms with E-state index in [0.717, 1.165) is 54.2 Å². The van der Waals surface area contributed by atoms with Crippen molar-refractivity contribution < 1.29 is 29.0 Å². The molecule has 0 atom stereocenters. The number of nitrogens with one attached hydrogen (secondary N) is 4. The minimum atomic E-state index is -1.01. The van der Waals surface area contributed by atoms with Crippen molar-refractivity contribution in [3.63, 3.8) is 0 Å². The number of ether oxygens (including phenoxy) is 2. The molecule has 0 unspecified atom stereocenters. The van der Waals surface area contributed by atoms with Gasteiger partial charge in [0.25, 0.3) is 11.8 Å². The average molecular weight is 989 g/mol. The first-order valence-electron chi connectivity index (χ1n) is 19.9. The summed E-state index contributed by atoms with van der Waals surface area (Å²) >= 11 is 6.38. The van der Waals surface area contributed by atoms with Crippen LogP contribution in [0, 0.1) is 0 Å². The summed E-state index contributed by atoms with van der Waals surface area (Å²) in [6.07, 6.45) is 11.7. The quantitative estimate of drug-likeness (QED) is 0.0881. The van der Waals surface area contributed by atoms with Crippen molar-refractivity contribution >= 4 is 71.7 Å². The third-order valence-electron chi connectivity index (χ3n) is 9.26. The fourth-order valence-electron chi connectivity index (χ4n) is 5.38. The molecule has 0 bridgehead atoms. The van der Waals surface area contributed by atoms with Crippen LogP contribution in [0.3, 0.4) is 0 Å². The zero-order chi connectivity index (χ0) is 46.2. The lowest BCUT2D eigenvalue weighted by Crippen LogP contribution is -2.41. The Kier molecular flexibility index (Phi) is 18.6. The van der Waals surface area contributed by atoms with Crippen LogP contribution in [0.25, 0.3) is 33.2 Å². The highest BCUT2D eigenvalue weighted by Gasteiger charge is 2.49. The number of aromatic carboxylic acids is 1. The van der Waals surface area contributed by atoms with Crippen molar-refractivity contribution in [2.45, 2.75) is 66.0 Å². The summed E-state index contributed by atoms with van der Waals surface area (Å²) < 4.78 is 13.7. The van der Waals surface area contributed by atoms with Gasteiger partial charge in [0.05, 0.1) is 11.2 Å². The van der Waals surface area contributed by atoms with Gasteiger partial charge in [0.15, 0.2) is 6.29 Å². The van der Waals surface area contributed by atoms with Gasteiger partial charge >= 0.3 is 5.97 Å². The molecule has 8 rings (SSSR count). The predicted molar refractivity (Wildman–Crippen MR) is 250 cm³/mol. The van der Waals surface area contributed by atoms with Crippen molar-refractivity contribution in [3.8, 4) is 11.1 Å². The van der Waals surface area contributed by atoms with Gasteiger partial charge in [-0.1, -0.05) is 13.0 Å². The Balaban J connectivity index is 0.000000187. The smallest absolute Gasteiger partial charge is 0.354 e. The van der Waals surface area contributed by atoms with Gasteiger partial charge in [0.2, 0.25) is 0 Å². The molecule has 8 heterocycles. The second-order valence-corrected chi connectivity index (χ2v) is 16.3. The fraction of sp³-hybridized carbons (Fsp3) is 0.289. The number of nitrogens with two attached hydrogens (primary N) is 1. The number of carboxylic acids is 1. The topological polar surface area (TPSA) is 236 Å². The van der Waals surface area contributed by atoms with Crippen LogP contribution in [0.4, 0.5) is 0 Å². The van der Waals surface area contributed by atoms with Crippen LogP contribution < -0.4 is 16.4 Å². The summed E-state index contributed by atoms with van der Waals surface area (Å²) in [4.78, 5) is 59.6. The van der Waals surface area contributed by atoms with Gasteiger partial charge in [-0.3, -0.25) is 14.6 Å². The first kappa shape index (κ1) is 49.7. The minimum Gasteiger partial charge on any atom is -0.477 e. The Morgan fingerprint density at radius 2 is 1.10 bits per heavy atom. The lowest BCUT2D eigenvalue weighted by atomic mass is 9.90. The number of aromatic amines is 2. The van der Waals surface area contributed by atoms with E-state index in [0.29, 0.717) is 24.5 Å². The normalized spacial score (nSPS) is 13.4. The summed E-state index contributed by atoms with van der Waals surface area (Å²) in [5, 5.41) is 15.9. The van der Waals surface area contributed by atoms with E-state index >= 15 is 0 Å². The van der Waals surface area contributed by atoms with Gasteiger partial charge in [-0.2, -0.15) is 0 Å².